The van der Waals surface area contributed by atoms with E-state index in [1.165, 1.54) is 19.2 Å². The van der Waals surface area contributed by atoms with Gasteiger partial charge in [0, 0.05) is 23.4 Å². The van der Waals surface area contributed by atoms with E-state index in [0.717, 1.165) is 5.56 Å². The molecule has 2 N–H and O–H groups in total. The maximum Gasteiger partial charge on any atom is 0.255 e. The van der Waals surface area contributed by atoms with E-state index in [2.05, 4.69) is 10.6 Å². The molecule has 0 atom stereocenters. The van der Waals surface area contributed by atoms with Gasteiger partial charge in [-0.3, -0.25) is 9.59 Å². The summed E-state index contributed by atoms with van der Waals surface area (Å²) in [7, 11) is 1.45. The Hall–Kier alpha value is -2.24. The minimum absolute atomic E-state index is 0.140. The molecule has 0 saturated carbocycles. The molecule has 0 unspecified atom stereocenters. The Balaban J connectivity index is 2.16. The second kappa shape index (κ2) is 9.11. The smallest absolute Gasteiger partial charge is 0.255 e. The molecule has 27 heavy (non-hydrogen) atoms. The molecule has 7 heteroatoms. The number of hydrogen-bond donors (Lipinski definition) is 2. The summed E-state index contributed by atoms with van der Waals surface area (Å²) in [6.45, 7) is 6.49. The number of halogens is 2. The third-order valence-corrected chi connectivity index (χ3v) is 4.43. The molecule has 0 aromatic heterocycles. The van der Waals surface area contributed by atoms with Crippen molar-refractivity contribution in [1.82, 2.24) is 5.32 Å². The Kier molecular flexibility index (Phi) is 7.11. The Morgan fingerprint density at radius 1 is 1.04 bits per heavy atom. The van der Waals surface area contributed by atoms with Crippen LogP contribution in [-0.4, -0.2) is 25.5 Å². The Morgan fingerprint density at radius 3 is 2.19 bits per heavy atom. The normalized spacial score (nSPS) is 10.6. The van der Waals surface area contributed by atoms with E-state index in [1.807, 2.05) is 20.8 Å². The highest BCUT2D eigenvalue weighted by molar-refractivity contribution is 6.37. The standard InChI is InChI=1S/C20H22Cl2N2O3/c1-11(2)10-23-19(25)13-5-6-17(12(3)7-13)24-20(26)14-8-15(21)18(27-4)16(22)9-14/h5-9,11H,10H2,1-4H3,(H,23,25)(H,24,26). The number of benzene rings is 2. The highest BCUT2D eigenvalue weighted by Gasteiger charge is 2.15. The summed E-state index contributed by atoms with van der Waals surface area (Å²) in [5, 5.41) is 6.18. The first kappa shape index (κ1) is 21.1. The molecule has 2 aromatic rings. The van der Waals surface area contributed by atoms with Gasteiger partial charge in [0.25, 0.3) is 11.8 Å². The zero-order chi connectivity index (χ0) is 20.1. The lowest BCUT2D eigenvalue weighted by Gasteiger charge is -2.13. The number of ether oxygens (including phenoxy) is 1. The molecule has 144 valence electrons. The summed E-state index contributed by atoms with van der Waals surface area (Å²) in [5.74, 6) is 0.194. The molecule has 0 spiro atoms. The number of carbonyl (C=O) groups is 2. The topological polar surface area (TPSA) is 67.4 Å². The molecular weight excluding hydrogens is 387 g/mol. The van der Waals surface area contributed by atoms with Gasteiger partial charge in [0.15, 0.2) is 5.75 Å². The lowest BCUT2D eigenvalue weighted by molar-refractivity contribution is 0.0948. The third kappa shape index (κ3) is 5.37. The number of hydrogen-bond acceptors (Lipinski definition) is 3. The van der Waals surface area contributed by atoms with Crippen LogP contribution >= 0.6 is 23.2 Å². The molecule has 0 bridgehead atoms. The van der Waals surface area contributed by atoms with Crippen LogP contribution in [0.4, 0.5) is 5.69 Å². The molecule has 0 saturated heterocycles. The summed E-state index contributed by atoms with van der Waals surface area (Å²) < 4.78 is 5.08. The van der Waals surface area contributed by atoms with Gasteiger partial charge in [-0.1, -0.05) is 37.0 Å². The maximum atomic E-state index is 12.5. The zero-order valence-corrected chi connectivity index (χ0v) is 17.2. The van der Waals surface area contributed by atoms with Crippen LogP contribution in [0, 0.1) is 12.8 Å². The van der Waals surface area contributed by atoms with Crippen LogP contribution < -0.4 is 15.4 Å². The summed E-state index contributed by atoms with van der Waals surface area (Å²) in [6, 6.07) is 8.09. The number of nitrogens with one attached hydrogen (secondary N) is 2. The van der Waals surface area contributed by atoms with E-state index in [-0.39, 0.29) is 21.9 Å². The zero-order valence-electron chi connectivity index (χ0n) is 15.7. The number of amides is 2. The Morgan fingerprint density at radius 2 is 1.67 bits per heavy atom. The van der Waals surface area contributed by atoms with Crippen LogP contribution in [-0.2, 0) is 0 Å². The lowest BCUT2D eigenvalue weighted by Crippen LogP contribution is -2.27. The van der Waals surface area contributed by atoms with Crippen molar-refractivity contribution < 1.29 is 14.3 Å². The van der Waals surface area contributed by atoms with Gasteiger partial charge in [-0.15, -0.1) is 0 Å². The molecule has 0 aliphatic carbocycles. The van der Waals surface area contributed by atoms with E-state index in [4.69, 9.17) is 27.9 Å². The van der Waals surface area contributed by atoms with Crippen LogP contribution in [0.2, 0.25) is 10.0 Å². The van der Waals surface area contributed by atoms with Crippen molar-refractivity contribution in [2.75, 3.05) is 19.0 Å². The van der Waals surface area contributed by atoms with E-state index >= 15 is 0 Å². The summed E-state index contributed by atoms with van der Waals surface area (Å²) >= 11 is 12.2. The van der Waals surface area contributed by atoms with Crippen molar-refractivity contribution in [2.45, 2.75) is 20.8 Å². The fraction of sp³-hybridized carbons (Fsp3) is 0.300. The van der Waals surface area contributed by atoms with Gasteiger partial charge in [0.2, 0.25) is 0 Å². The van der Waals surface area contributed by atoms with Crippen LogP contribution in [0.25, 0.3) is 0 Å². The van der Waals surface area contributed by atoms with Gasteiger partial charge in [-0.2, -0.15) is 0 Å². The summed E-state index contributed by atoms with van der Waals surface area (Å²) in [4.78, 5) is 24.7. The second-order valence-corrected chi connectivity index (χ2v) is 7.38. The first-order valence-electron chi connectivity index (χ1n) is 8.46. The van der Waals surface area contributed by atoms with Crippen LogP contribution in [0.15, 0.2) is 30.3 Å². The third-order valence-electron chi connectivity index (χ3n) is 3.87. The lowest BCUT2D eigenvalue weighted by atomic mass is 10.1. The van der Waals surface area contributed by atoms with Crippen LogP contribution in [0.5, 0.6) is 5.75 Å². The number of aryl methyl sites for hydroxylation is 1. The number of anilines is 1. The first-order chi connectivity index (χ1) is 12.7. The minimum atomic E-state index is -0.360. The van der Waals surface area contributed by atoms with Crippen LogP contribution in [0.1, 0.15) is 40.1 Å². The van der Waals surface area contributed by atoms with Gasteiger partial charge in [0.05, 0.1) is 17.2 Å². The number of methoxy groups -OCH3 is 1. The average molecular weight is 409 g/mol. The Bertz CT molecular complexity index is 843. The predicted octanol–water partition coefficient (Wildman–Crippen LogP) is 4.95. The molecule has 2 aromatic carbocycles. The van der Waals surface area contributed by atoms with Gasteiger partial charge in [0.1, 0.15) is 0 Å². The number of rotatable bonds is 6. The summed E-state index contributed by atoms with van der Waals surface area (Å²) in [5.41, 5.74) is 2.22. The molecule has 2 amide bonds. The summed E-state index contributed by atoms with van der Waals surface area (Å²) in [6.07, 6.45) is 0. The van der Waals surface area contributed by atoms with E-state index in [0.29, 0.717) is 35.0 Å². The SMILES string of the molecule is COc1c(Cl)cc(C(=O)Nc2ccc(C(=O)NCC(C)C)cc2C)cc1Cl. The molecule has 0 heterocycles. The largest absolute Gasteiger partial charge is 0.494 e. The van der Waals surface area contributed by atoms with E-state index < -0.39 is 0 Å². The van der Waals surface area contributed by atoms with Crippen molar-refractivity contribution in [1.29, 1.82) is 0 Å². The van der Waals surface area contributed by atoms with Crippen molar-refractivity contribution in [3.63, 3.8) is 0 Å². The van der Waals surface area contributed by atoms with Crippen molar-refractivity contribution in [2.24, 2.45) is 5.92 Å². The molecule has 0 aliphatic rings. The molecule has 0 radical (unpaired) electrons. The highest BCUT2D eigenvalue weighted by atomic mass is 35.5. The molecule has 5 nitrogen and oxygen atoms in total. The second-order valence-electron chi connectivity index (χ2n) is 6.56. The Labute approximate surface area is 169 Å². The highest BCUT2D eigenvalue weighted by Crippen LogP contribution is 2.34. The molecular formula is C20H22Cl2N2O3. The molecule has 2 rings (SSSR count). The molecule has 0 aliphatic heterocycles. The van der Waals surface area contributed by atoms with Gasteiger partial charge < -0.3 is 15.4 Å². The first-order valence-corrected chi connectivity index (χ1v) is 9.21. The maximum absolute atomic E-state index is 12.5. The number of carbonyl (C=O) groups excluding carboxylic acids is 2. The van der Waals surface area contributed by atoms with Gasteiger partial charge in [-0.05, 0) is 48.7 Å². The minimum Gasteiger partial charge on any atom is -0.494 e. The fourth-order valence-electron chi connectivity index (χ4n) is 2.42. The predicted molar refractivity (Wildman–Crippen MR) is 109 cm³/mol. The van der Waals surface area contributed by atoms with Crippen LogP contribution in [0.3, 0.4) is 0 Å². The van der Waals surface area contributed by atoms with Crippen molar-refractivity contribution in [3.05, 3.63) is 57.1 Å². The van der Waals surface area contributed by atoms with Crippen molar-refractivity contribution in [3.8, 4) is 5.75 Å². The van der Waals surface area contributed by atoms with Gasteiger partial charge in [-0.25, -0.2) is 0 Å². The molecule has 0 fully saturated rings. The van der Waals surface area contributed by atoms with E-state index in [1.54, 1.807) is 18.2 Å². The van der Waals surface area contributed by atoms with Crippen molar-refractivity contribution >= 4 is 40.7 Å². The monoisotopic (exact) mass is 408 g/mol. The quantitative estimate of drug-likeness (QED) is 0.710. The van der Waals surface area contributed by atoms with Gasteiger partial charge >= 0.3 is 0 Å². The average Bonchev–Trinajstić information content (AvgIpc) is 2.60. The fourth-order valence-corrected chi connectivity index (χ4v) is 3.07. The van der Waals surface area contributed by atoms with E-state index in [9.17, 15) is 9.59 Å².